The van der Waals surface area contributed by atoms with Crippen LogP contribution in [0.15, 0.2) is 42.7 Å². The molecule has 2 aromatic heterocycles. The quantitative estimate of drug-likeness (QED) is 0.746. The Morgan fingerprint density at radius 3 is 2.70 bits per heavy atom. The van der Waals surface area contributed by atoms with Crippen molar-refractivity contribution in [3.8, 4) is 16.5 Å². The van der Waals surface area contributed by atoms with Crippen LogP contribution >= 0.6 is 11.3 Å². The molecule has 2 heterocycles. The summed E-state index contributed by atoms with van der Waals surface area (Å²) in [5, 5.41) is 5.60. The first-order chi connectivity index (χ1) is 11.2. The standard InChI is InChI=1S/C17H19N3O2S/c1-12-18-11-17(23-12)20-8-4-5-14(20)10-19-13-6-7-15(21-2)16(9-13)22-3/h4-9,11,19H,10H2,1-3H3. The van der Waals surface area contributed by atoms with Crippen molar-refractivity contribution in [2.24, 2.45) is 0 Å². The molecular formula is C17H19N3O2S. The second kappa shape index (κ2) is 6.75. The van der Waals surface area contributed by atoms with Gasteiger partial charge in [-0.2, -0.15) is 0 Å². The van der Waals surface area contributed by atoms with Gasteiger partial charge in [0.1, 0.15) is 5.00 Å². The summed E-state index contributed by atoms with van der Waals surface area (Å²) in [5.74, 6) is 1.44. The zero-order valence-corrected chi connectivity index (χ0v) is 14.2. The molecule has 0 unspecified atom stereocenters. The Kier molecular flexibility index (Phi) is 4.52. The number of anilines is 1. The second-order valence-electron chi connectivity index (χ2n) is 5.01. The third-order valence-corrected chi connectivity index (χ3v) is 4.45. The Hall–Kier alpha value is -2.47. The van der Waals surface area contributed by atoms with Gasteiger partial charge in [-0.3, -0.25) is 0 Å². The molecule has 1 N–H and O–H groups in total. The highest BCUT2D eigenvalue weighted by molar-refractivity contribution is 7.14. The van der Waals surface area contributed by atoms with Crippen molar-refractivity contribution >= 4 is 17.0 Å². The summed E-state index contributed by atoms with van der Waals surface area (Å²) < 4.78 is 12.7. The summed E-state index contributed by atoms with van der Waals surface area (Å²) in [5.41, 5.74) is 2.15. The number of hydrogen-bond donors (Lipinski definition) is 1. The molecule has 1 aromatic carbocycles. The van der Waals surface area contributed by atoms with E-state index in [4.69, 9.17) is 9.47 Å². The molecule has 0 radical (unpaired) electrons. The van der Waals surface area contributed by atoms with E-state index < -0.39 is 0 Å². The number of rotatable bonds is 6. The van der Waals surface area contributed by atoms with E-state index in [0.29, 0.717) is 12.3 Å². The second-order valence-corrected chi connectivity index (χ2v) is 6.22. The van der Waals surface area contributed by atoms with Crippen LogP contribution in [0.3, 0.4) is 0 Å². The molecule has 0 amide bonds. The van der Waals surface area contributed by atoms with Crippen LogP contribution in [0.1, 0.15) is 10.7 Å². The largest absolute Gasteiger partial charge is 0.493 e. The van der Waals surface area contributed by atoms with Crippen LogP contribution < -0.4 is 14.8 Å². The Morgan fingerprint density at radius 1 is 1.17 bits per heavy atom. The van der Waals surface area contributed by atoms with E-state index in [1.807, 2.05) is 37.4 Å². The number of methoxy groups -OCH3 is 2. The van der Waals surface area contributed by atoms with Crippen molar-refractivity contribution < 1.29 is 9.47 Å². The van der Waals surface area contributed by atoms with Gasteiger partial charge in [-0.15, -0.1) is 11.3 Å². The van der Waals surface area contributed by atoms with Gasteiger partial charge in [0.15, 0.2) is 11.5 Å². The topological polar surface area (TPSA) is 48.3 Å². The number of thiazole rings is 1. The van der Waals surface area contributed by atoms with Gasteiger partial charge in [0.2, 0.25) is 0 Å². The minimum atomic E-state index is 0.708. The first-order valence-electron chi connectivity index (χ1n) is 7.26. The number of hydrogen-bond acceptors (Lipinski definition) is 5. The van der Waals surface area contributed by atoms with Crippen molar-refractivity contribution in [1.29, 1.82) is 0 Å². The monoisotopic (exact) mass is 329 g/mol. The molecule has 3 rings (SSSR count). The molecular weight excluding hydrogens is 310 g/mol. The Morgan fingerprint density at radius 2 is 2.00 bits per heavy atom. The highest BCUT2D eigenvalue weighted by Gasteiger charge is 2.08. The van der Waals surface area contributed by atoms with Crippen LogP contribution in [0, 0.1) is 6.92 Å². The minimum absolute atomic E-state index is 0.708. The maximum absolute atomic E-state index is 5.33. The van der Waals surface area contributed by atoms with Crippen LogP contribution in [-0.2, 0) is 6.54 Å². The van der Waals surface area contributed by atoms with E-state index in [9.17, 15) is 0 Å². The summed E-state index contributed by atoms with van der Waals surface area (Å²) in [6.07, 6.45) is 3.96. The molecule has 6 heteroatoms. The third-order valence-electron chi connectivity index (χ3n) is 3.54. The summed E-state index contributed by atoms with van der Waals surface area (Å²) in [6, 6.07) is 9.95. The van der Waals surface area contributed by atoms with Gasteiger partial charge < -0.3 is 19.4 Å². The maximum Gasteiger partial charge on any atom is 0.162 e. The van der Waals surface area contributed by atoms with E-state index in [-0.39, 0.29) is 0 Å². The molecule has 120 valence electrons. The van der Waals surface area contributed by atoms with Crippen LogP contribution in [0.5, 0.6) is 11.5 Å². The van der Waals surface area contributed by atoms with Gasteiger partial charge in [-0.05, 0) is 31.2 Å². The molecule has 0 saturated heterocycles. The molecule has 0 saturated carbocycles. The average Bonchev–Trinajstić information content (AvgIpc) is 3.20. The van der Waals surface area contributed by atoms with Crippen molar-refractivity contribution in [1.82, 2.24) is 9.55 Å². The lowest BCUT2D eigenvalue weighted by atomic mass is 10.2. The average molecular weight is 329 g/mol. The van der Waals surface area contributed by atoms with Crippen LogP contribution in [0.4, 0.5) is 5.69 Å². The third kappa shape index (κ3) is 3.32. The summed E-state index contributed by atoms with van der Waals surface area (Å²) >= 11 is 1.68. The minimum Gasteiger partial charge on any atom is -0.493 e. The van der Waals surface area contributed by atoms with Crippen LogP contribution in [0.2, 0.25) is 0 Å². The van der Waals surface area contributed by atoms with Crippen LogP contribution in [-0.4, -0.2) is 23.8 Å². The van der Waals surface area contributed by atoms with Crippen molar-refractivity contribution in [2.45, 2.75) is 13.5 Å². The molecule has 0 fully saturated rings. The summed E-state index contributed by atoms with van der Waals surface area (Å²) in [6.45, 7) is 2.72. The lowest BCUT2D eigenvalue weighted by Crippen LogP contribution is -2.05. The smallest absolute Gasteiger partial charge is 0.162 e. The lowest BCUT2D eigenvalue weighted by molar-refractivity contribution is 0.355. The molecule has 0 bridgehead atoms. The van der Waals surface area contributed by atoms with Crippen molar-refractivity contribution in [3.05, 3.63) is 53.4 Å². The number of aromatic nitrogens is 2. The molecule has 0 atom stereocenters. The van der Waals surface area contributed by atoms with E-state index in [1.165, 1.54) is 5.69 Å². The van der Waals surface area contributed by atoms with Gasteiger partial charge in [0.05, 0.1) is 32.0 Å². The van der Waals surface area contributed by atoms with E-state index in [0.717, 1.165) is 21.4 Å². The fourth-order valence-corrected chi connectivity index (χ4v) is 3.17. The van der Waals surface area contributed by atoms with Gasteiger partial charge >= 0.3 is 0 Å². The molecule has 23 heavy (non-hydrogen) atoms. The number of aryl methyl sites for hydroxylation is 1. The predicted molar refractivity (Wildman–Crippen MR) is 93.1 cm³/mol. The molecule has 0 aliphatic carbocycles. The predicted octanol–water partition coefficient (Wildman–Crippen LogP) is 3.87. The number of nitrogens with one attached hydrogen (secondary N) is 1. The molecule has 0 aliphatic rings. The normalized spacial score (nSPS) is 10.6. The first kappa shape index (κ1) is 15.4. The molecule has 0 aliphatic heterocycles. The zero-order chi connectivity index (χ0) is 16.2. The summed E-state index contributed by atoms with van der Waals surface area (Å²) in [4.78, 5) is 4.32. The molecule has 3 aromatic rings. The van der Waals surface area contributed by atoms with E-state index in [1.54, 1.807) is 25.6 Å². The van der Waals surface area contributed by atoms with Gasteiger partial charge in [0, 0.05) is 23.6 Å². The number of benzene rings is 1. The highest BCUT2D eigenvalue weighted by atomic mass is 32.1. The Labute approximate surface area is 139 Å². The van der Waals surface area contributed by atoms with Crippen molar-refractivity contribution in [3.63, 3.8) is 0 Å². The fourth-order valence-electron chi connectivity index (χ4n) is 2.38. The molecule has 0 spiro atoms. The maximum atomic E-state index is 5.33. The summed E-state index contributed by atoms with van der Waals surface area (Å²) in [7, 11) is 3.27. The highest BCUT2D eigenvalue weighted by Crippen LogP contribution is 2.30. The Bertz CT molecular complexity index is 795. The molecule has 5 nitrogen and oxygen atoms in total. The lowest BCUT2D eigenvalue weighted by Gasteiger charge is -2.12. The zero-order valence-electron chi connectivity index (χ0n) is 13.4. The van der Waals surface area contributed by atoms with Crippen molar-refractivity contribution in [2.75, 3.05) is 19.5 Å². The van der Waals surface area contributed by atoms with Crippen LogP contribution in [0.25, 0.3) is 5.00 Å². The van der Waals surface area contributed by atoms with E-state index >= 15 is 0 Å². The SMILES string of the molecule is COc1ccc(NCc2cccn2-c2cnc(C)s2)cc1OC. The van der Waals surface area contributed by atoms with Gasteiger partial charge in [-0.25, -0.2) is 4.98 Å². The fraction of sp³-hybridized carbons (Fsp3) is 0.235. The number of nitrogens with zero attached hydrogens (tertiary/aromatic N) is 2. The number of ether oxygens (including phenoxy) is 2. The van der Waals surface area contributed by atoms with Gasteiger partial charge in [-0.1, -0.05) is 0 Å². The van der Waals surface area contributed by atoms with Gasteiger partial charge in [0.25, 0.3) is 0 Å². The first-order valence-corrected chi connectivity index (χ1v) is 8.08. The van der Waals surface area contributed by atoms with E-state index in [2.05, 4.69) is 27.1 Å². The Balaban J connectivity index is 1.76.